The number of benzene rings is 1. The number of hydrogen-bond donors (Lipinski definition) is 0. The highest BCUT2D eigenvalue weighted by Crippen LogP contribution is 2.29. The van der Waals surface area contributed by atoms with Gasteiger partial charge in [-0.05, 0) is 12.1 Å². The highest BCUT2D eigenvalue weighted by molar-refractivity contribution is 9.09. The number of halogens is 1. The van der Waals surface area contributed by atoms with Crippen molar-refractivity contribution < 1.29 is 19.1 Å². The summed E-state index contributed by atoms with van der Waals surface area (Å²) in [5, 5.41) is 0.348. The maximum atomic E-state index is 12.2. The molecule has 98 valence electrons. The normalized spacial score (nSPS) is 19.3. The molecule has 6 heteroatoms. The number of carbonyl (C=O) groups excluding carboxylic acids is 2. The number of ether oxygens (including phenoxy) is 2. The average molecular weight is 324 g/mol. The van der Waals surface area contributed by atoms with Gasteiger partial charge in [0.2, 0.25) is 0 Å². The summed E-state index contributed by atoms with van der Waals surface area (Å²) in [5.74, 6) is -1.67. The predicted octanol–water partition coefficient (Wildman–Crippen LogP) is 1.89. The number of fused-ring (bicyclic) bond motifs is 1. The fourth-order valence-electron chi connectivity index (χ4n) is 2.13. The number of rotatable bonds is 3. The molecular formula is C13H10BrNO4. The first-order valence-corrected chi connectivity index (χ1v) is 6.81. The number of hydrogen-bond acceptors (Lipinski definition) is 4. The van der Waals surface area contributed by atoms with Gasteiger partial charge in [-0.1, -0.05) is 28.1 Å². The van der Waals surface area contributed by atoms with Gasteiger partial charge in [0.25, 0.3) is 17.6 Å². The number of carbonyl (C=O) groups is 2. The molecule has 0 saturated heterocycles. The van der Waals surface area contributed by atoms with Crippen LogP contribution in [-0.2, 0) is 9.47 Å². The maximum absolute atomic E-state index is 12.2. The molecule has 0 aromatic heterocycles. The molecule has 5 nitrogen and oxygen atoms in total. The van der Waals surface area contributed by atoms with E-state index in [1.807, 2.05) is 0 Å². The van der Waals surface area contributed by atoms with Gasteiger partial charge in [0.1, 0.15) is 19.1 Å². The van der Waals surface area contributed by atoms with Crippen LogP contribution in [0.1, 0.15) is 20.7 Å². The van der Waals surface area contributed by atoms with E-state index in [4.69, 9.17) is 9.47 Å². The van der Waals surface area contributed by atoms with Crippen molar-refractivity contribution in [2.45, 2.75) is 5.79 Å². The Morgan fingerprint density at radius 1 is 1.05 bits per heavy atom. The van der Waals surface area contributed by atoms with Crippen LogP contribution in [-0.4, -0.2) is 34.4 Å². The first kappa shape index (κ1) is 12.2. The molecule has 2 aliphatic rings. The van der Waals surface area contributed by atoms with E-state index in [9.17, 15) is 9.59 Å². The lowest BCUT2D eigenvalue weighted by Crippen LogP contribution is -2.47. The van der Waals surface area contributed by atoms with Gasteiger partial charge in [-0.2, -0.15) is 0 Å². The standard InChI is InChI=1S/C13H10BrNO4/c14-7-13(18-5-6-19-13)8-15-11(16)9-3-1-2-4-10(9)12(15)17/h1-6H,7-8H2. The number of alkyl halides is 1. The molecular weight excluding hydrogens is 314 g/mol. The van der Waals surface area contributed by atoms with Crippen LogP contribution >= 0.6 is 15.9 Å². The molecule has 2 aliphatic heterocycles. The Hall–Kier alpha value is -1.82. The van der Waals surface area contributed by atoms with E-state index in [-0.39, 0.29) is 18.4 Å². The molecule has 0 N–H and O–H groups in total. The van der Waals surface area contributed by atoms with Crippen LogP contribution in [0, 0.1) is 0 Å². The van der Waals surface area contributed by atoms with Gasteiger partial charge in [-0.3, -0.25) is 14.5 Å². The minimum absolute atomic E-state index is 0.0393. The van der Waals surface area contributed by atoms with Gasteiger partial charge in [0, 0.05) is 0 Å². The summed E-state index contributed by atoms with van der Waals surface area (Å²) < 4.78 is 10.7. The van der Waals surface area contributed by atoms with E-state index in [1.54, 1.807) is 24.3 Å². The zero-order chi connectivity index (χ0) is 13.5. The molecule has 0 unspecified atom stereocenters. The largest absolute Gasteiger partial charge is 0.454 e. The second-order valence-electron chi connectivity index (χ2n) is 4.29. The van der Waals surface area contributed by atoms with Crippen molar-refractivity contribution in [3.8, 4) is 0 Å². The molecule has 0 spiro atoms. The lowest BCUT2D eigenvalue weighted by molar-refractivity contribution is -0.127. The Morgan fingerprint density at radius 3 is 2.05 bits per heavy atom. The van der Waals surface area contributed by atoms with Gasteiger partial charge >= 0.3 is 0 Å². The Bertz CT molecular complexity index is 541. The molecule has 0 fully saturated rings. The van der Waals surface area contributed by atoms with E-state index in [1.165, 1.54) is 12.5 Å². The third kappa shape index (κ3) is 1.83. The van der Waals surface area contributed by atoms with E-state index < -0.39 is 5.79 Å². The van der Waals surface area contributed by atoms with Gasteiger partial charge in [-0.25, -0.2) is 0 Å². The summed E-state index contributed by atoms with van der Waals surface area (Å²) >= 11 is 3.28. The van der Waals surface area contributed by atoms with Gasteiger partial charge in [0.15, 0.2) is 0 Å². The molecule has 0 saturated carbocycles. The van der Waals surface area contributed by atoms with Crippen LogP contribution in [0.4, 0.5) is 0 Å². The topological polar surface area (TPSA) is 55.8 Å². The minimum Gasteiger partial charge on any atom is -0.454 e. The fourth-order valence-corrected chi connectivity index (χ4v) is 2.58. The zero-order valence-corrected chi connectivity index (χ0v) is 11.4. The summed E-state index contributed by atoms with van der Waals surface area (Å²) in [7, 11) is 0. The lowest BCUT2D eigenvalue weighted by atomic mass is 10.1. The molecule has 1 aromatic rings. The molecule has 2 amide bonds. The van der Waals surface area contributed by atoms with Crippen molar-refractivity contribution in [2.24, 2.45) is 0 Å². The van der Waals surface area contributed by atoms with E-state index in [2.05, 4.69) is 15.9 Å². The molecule has 0 radical (unpaired) electrons. The third-order valence-corrected chi connectivity index (χ3v) is 3.96. The van der Waals surface area contributed by atoms with Crippen molar-refractivity contribution in [1.29, 1.82) is 0 Å². The van der Waals surface area contributed by atoms with Crippen molar-refractivity contribution in [2.75, 3.05) is 11.9 Å². The molecule has 19 heavy (non-hydrogen) atoms. The smallest absolute Gasteiger partial charge is 0.277 e. The van der Waals surface area contributed by atoms with E-state index in [0.29, 0.717) is 16.5 Å². The first-order chi connectivity index (χ1) is 9.17. The van der Waals surface area contributed by atoms with Gasteiger partial charge in [-0.15, -0.1) is 0 Å². The third-order valence-electron chi connectivity index (χ3n) is 3.10. The molecule has 2 heterocycles. The lowest BCUT2D eigenvalue weighted by Gasteiger charge is -2.29. The summed E-state index contributed by atoms with van der Waals surface area (Å²) in [6, 6.07) is 6.76. The SMILES string of the molecule is O=C1c2ccccc2C(=O)N1CC1(CBr)OC=CO1. The number of amides is 2. The summed E-state index contributed by atoms with van der Waals surface area (Å²) in [6.07, 6.45) is 2.80. The maximum Gasteiger partial charge on any atom is 0.277 e. The van der Waals surface area contributed by atoms with Crippen LogP contribution < -0.4 is 0 Å². The minimum atomic E-state index is -1.03. The zero-order valence-electron chi connectivity index (χ0n) is 9.84. The second kappa shape index (κ2) is 4.38. The highest BCUT2D eigenvalue weighted by Gasteiger charge is 2.44. The van der Waals surface area contributed by atoms with E-state index >= 15 is 0 Å². The Labute approximate surface area is 117 Å². The van der Waals surface area contributed by atoms with Crippen LogP contribution in [0.25, 0.3) is 0 Å². The molecule has 0 aliphatic carbocycles. The monoisotopic (exact) mass is 323 g/mol. The quantitative estimate of drug-likeness (QED) is 0.629. The molecule has 0 atom stereocenters. The Kier molecular flexibility index (Phi) is 2.82. The van der Waals surface area contributed by atoms with E-state index in [0.717, 1.165) is 4.90 Å². The number of imide groups is 1. The van der Waals surface area contributed by atoms with Crippen molar-refractivity contribution in [1.82, 2.24) is 4.90 Å². The van der Waals surface area contributed by atoms with Crippen molar-refractivity contribution >= 4 is 27.7 Å². The first-order valence-electron chi connectivity index (χ1n) is 5.69. The Balaban J connectivity index is 1.88. The fraction of sp³-hybridized carbons (Fsp3) is 0.231. The molecule has 1 aromatic carbocycles. The van der Waals surface area contributed by atoms with Gasteiger partial charge < -0.3 is 9.47 Å². The van der Waals surface area contributed by atoms with Crippen LogP contribution in [0.15, 0.2) is 36.8 Å². The summed E-state index contributed by atoms with van der Waals surface area (Å²) in [5.41, 5.74) is 0.839. The van der Waals surface area contributed by atoms with Gasteiger partial charge in [0.05, 0.1) is 16.5 Å². The van der Waals surface area contributed by atoms with Crippen LogP contribution in [0.5, 0.6) is 0 Å². The average Bonchev–Trinajstić information content (AvgIpc) is 3.00. The van der Waals surface area contributed by atoms with Crippen LogP contribution in [0.2, 0.25) is 0 Å². The molecule has 0 bridgehead atoms. The Morgan fingerprint density at radius 2 is 1.58 bits per heavy atom. The van der Waals surface area contributed by atoms with Crippen molar-refractivity contribution in [3.05, 3.63) is 47.9 Å². The van der Waals surface area contributed by atoms with Crippen molar-refractivity contribution in [3.63, 3.8) is 0 Å². The molecule has 3 rings (SSSR count). The highest BCUT2D eigenvalue weighted by atomic mass is 79.9. The second-order valence-corrected chi connectivity index (χ2v) is 4.85. The summed E-state index contributed by atoms with van der Waals surface area (Å²) in [6.45, 7) is 0.0393. The summed E-state index contributed by atoms with van der Waals surface area (Å²) in [4.78, 5) is 25.6. The predicted molar refractivity (Wildman–Crippen MR) is 69.6 cm³/mol. The number of nitrogens with zero attached hydrogens (tertiary/aromatic N) is 1. The van der Waals surface area contributed by atoms with Crippen LogP contribution in [0.3, 0.4) is 0 Å².